The van der Waals surface area contributed by atoms with E-state index in [0.29, 0.717) is 5.82 Å². The average molecular weight is 236 g/mol. The lowest BCUT2D eigenvalue weighted by Crippen LogP contribution is -2.38. The summed E-state index contributed by atoms with van der Waals surface area (Å²) in [5, 5.41) is 0. The molecule has 1 aromatic heterocycles. The first-order chi connectivity index (χ1) is 8.15. The Morgan fingerprint density at radius 1 is 1.47 bits per heavy atom. The fourth-order valence-corrected chi connectivity index (χ4v) is 2.03. The van der Waals surface area contributed by atoms with Crippen molar-refractivity contribution in [1.29, 1.82) is 0 Å². The number of hydrogen-bond acceptors (Lipinski definition) is 5. The van der Waals surface area contributed by atoms with Gasteiger partial charge in [0.2, 0.25) is 0 Å². The van der Waals surface area contributed by atoms with Crippen LogP contribution in [0.5, 0.6) is 0 Å². The van der Waals surface area contributed by atoms with Gasteiger partial charge in [0, 0.05) is 43.9 Å². The lowest BCUT2D eigenvalue weighted by Gasteiger charge is -2.32. The molecule has 1 aliphatic rings. The summed E-state index contributed by atoms with van der Waals surface area (Å²) in [7, 11) is 0. The zero-order chi connectivity index (χ0) is 12.3. The maximum atomic E-state index is 10.6. The molecule has 0 spiro atoms. The highest BCUT2D eigenvalue weighted by atomic mass is 16.6. The second kappa shape index (κ2) is 4.90. The molecule has 0 radical (unpaired) electrons. The zero-order valence-corrected chi connectivity index (χ0v) is 9.50. The molecule has 1 amide bonds. The molecule has 0 bridgehead atoms. The van der Waals surface area contributed by atoms with Gasteiger partial charge in [0.05, 0.1) is 0 Å². The number of piperidine rings is 1. The second-order valence-corrected chi connectivity index (χ2v) is 4.06. The first-order valence-corrected chi connectivity index (χ1v) is 5.58. The number of nitrogen functional groups attached to an aromatic ring is 1. The number of pyridine rings is 1. The van der Waals surface area contributed by atoms with Crippen LogP contribution < -0.4 is 16.4 Å². The van der Waals surface area contributed by atoms with Gasteiger partial charge >= 0.3 is 6.09 Å². The van der Waals surface area contributed by atoms with Crippen LogP contribution in [0.4, 0.5) is 16.3 Å². The molecule has 1 aromatic rings. The summed E-state index contributed by atoms with van der Waals surface area (Å²) in [6, 6.07) is 3.76. The normalized spacial score (nSPS) is 16.8. The van der Waals surface area contributed by atoms with Gasteiger partial charge in [0.25, 0.3) is 0 Å². The van der Waals surface area contributed by atoms with E-state index in [1.54, 1.807) is 6.20 Å². The van der Waals surface area contributed by atoms with Crippen LogP contribution in [-0.2, 0) is 4.74 Å². The molecule has 2 rings (SSSR count). The number of rotatable bonds is 2. The fraction of sp³-hybridized carbons (Fsp3) is 0.455. The van der Waals surface area contributed by atoms with Crippen molar-refractivity contribution in [2.24, 2.45) is 5.73 Å². The molecule has 1 saturated heterocycles. The minimum absolute atomic E-state index is 0.0667. The van der Waals surface area contributed by atoms with Crippen LogP contribution in [0.25, 0.3) is 0 Å². The second-order valence-electron chi connectivity index (χ2n) is 4.06. The molecule has 0 aliphatic carbocycles. The smallest absolute Gasteiger partial charge is 0.404 e. The van der Waals surface area contributed by atoms with Crippen molar-refractivity contribution < 1.29 is 9.53 Å². The number of amides is 1. The third kappa shape index (κ3) is 2.99. The van der Waals surface area contributed by atoms with Crippen LogP contribution in [0.15, 0.2) is 18.3 Å². The Labute approximate surface area is 99.5 Å². The summed E-state index contributed by atoms with van der Waals surface area (Å²) < 4.78 is 4.97. The molecule has 0 atom stereocenters. The molecule has 92 valence electrons. The highest BCUT2D eigenvalue weighted by Gasteiger charge is 2.21. The van der Waals surface area contributed by atoms with Crippen LogP contribution in [0, 0.1) is 0 Å². The number of primary amides is 1. The molecular weight excluding hydrogens is 220 g/mol. The summed E-state index contributed by atoms with van der Waals surface area (Å²) in [5.41, 5.74) is 11.7. The van der Waals surface area contributed by atoms with Crippen molar-refractivity contribution in [3.8, 4) is 0 Å². The van der Waals surface area contributed by atoms with E-state index in [1.165, 1.54) is 0 Å². The van der Waals surface area contributed by atoms with E-state index in [-0.39, 0.29) is 6.10 Å². The topological polar surface area (TPSA) is 94.5 Å². The number of nitrogens with two attached hydrogens (primary N) is 2. The first-order valence-electron chi connectivity index (χ1n) is 5.58. The number of aromatic nitrogens is 1. The molecule has 0 saturated carbocycles. The molecule has 1 aliphatic heterocycles. The highest BCUT2D eigenvalue weighted by molar-refractivity contribution is 5.64. The molecule has 6 heteroatoms. The van der Waals surface area contributed by atoms with Crippen LogP contribution in [0.3, 0.4) is 0 Å². The lowest BCUT2D eigenvalue weighted by molar-refractivity contribution is 0.0912. The van der Waals surface area contributed by atoms with Crippen molar-refractivity contribution in [1.82, 2.24) is 4.98 Å². The van der Waals surface area contributed by atoms with E-state index in [1.807, 2.05) is 12.1 Å². The fourth-order valence-electron chi connectivity index (χ4n) is 2.03. The first kappa shape index (κ1) is 11.5. The summed E-state index contributed by atoms with van der Waals surface area (Å²) in [5.74, 6) is 0.512. The Hall–Kier alpha value is -1.98. The van der Waals surface area contributed by atoms with E-state index in [2.05, 4.69) is 9.88 Å². The standard InChI is InChI=1S/C11H16N4O2/c12-10-7-8(1-4-14-10)15-5-2-9(3-6-15)17-11(13)16/h1,4,7,9H,2-3,5-6H2,(H2,12,14)(H2,13,16). The van der Waals surface area contributed by atoms with Gasteiger partial charge in [-0.3, -0.25) is 0 Å². The number of anilines is 2. The third-order valence-electron chi connectivity index (χ3n) is 2.85. The molecule has 0 unspecified atom stereocenters. The Bertz CT molecular complexity index is 402. The van der Waals surface area contributed by atoms with Gasteiger partial charge in [0.15, 0.2) is 0 Å². The van der Waals surface area contributed by atoms with Gasteiger partial charge in [-0.05, 0) is 6.07 Å². The number of carbonyl (C=O) groups is 1. The minimum Gasteiger partial charge on any atom is -0.446 e. The Morgan fingerprint density at radius 2 is 2.18 bits per heavy atom. The van der Waals surface area contributed by atoms with Gasteiger partial charge in [-0.25, -0.2) is 9.78 Å². The molecule has 2 heterocycles. The lowest BCUT2D eigenvalue weighted by atomic mass is 10.1. The van der Waals surface area contributed by atoms with E-state index in [4.69, 9.17) is 16.2 Å². The van der Waals surface area contributed by atoms with Crippen molar-refractivity contribution >= 4 is 17.6 Å². The van der Waals surface area contributed by atoms with Crippen LogP contribution in [0.2, 0.25) is 0 Å². The van der Waals surface area contributed by atoms with Crippen LogP contribution in [0.1, 0.15) is 12.8 Å². The van der Waals surface area contributed by atoms with Gasteiger partial charge < -0.3 is 21.1 Å². The summed E-state index contributed by atoms with van der Waals surface area (Å²) in [4.78, 5) is 16.8. The molecule has 0 aromatic carbocycles. The van der Waals surface area contributed by atoms with E-state index in [9.17, 15) is 4.79 Å². The van der Waals surface area contributed by atoms with E-state index < -0.39 is 6.09 Å². The van der Waals surface area contributed by atoms with Gasteiger partial charge in [-0.1, -0.05) is 0 Å². The van der Waals surface area contributed by atoms with E-state index >= 15 is 0 Å². The van der Waals surface area contributed by atoms with Crippen molar-refractivity contribution in [3.63, 3.8) is 0 Å². The Kier molecular flexibility index (Phi) is 3.32. The average Bonchev–Trinajstić information content (AvgIpc) is 2.29. The number of hydrogen-bond donors (Lipinski definition) is 2. The summed E-state index contributed by atoms with van der Waals surface area (Å²) in [6.07, 6.45) is 2.49. The molecule has 17 heavy (non-hydrogen) atoms. The molecule has 4 N–H and O–H groups in total. The molecule has 1 fully saturated rings. The SMILES string of the molecule is NC(=O)OC1CCN(c2ccnc(N)c2)CC1. The maximum absolute atomic E-state index is 10.6. The Morgan fingerprint density at radius 3 is 2.76 bits per heavy atom. The maximum Gasteiger partial charge on any atom is 0.404 e. The monoisotopic (exact) mass is 236 g/mol. The van der Waals surface area contributed by atoms with Crippen LogP contribution in [-0.4, -0.2) is 30.3 Å². The van der Waals surface area contributed by atoms with Crippen molar-refractivity contribution in [2.45, 2.75) is 18.9 Å². The predicted molar refractivity (Wildman–Crippen MR) is 64.6 cm³/mol. The third-order valence-corrected chi connectivity index (χ3v) is 2.85. The predicted octanol–water partition coefficient (Wildman–Crippen LogP) is 0.728. The van der Waals surface area contributed by atoms with E-state index in [0.717, 1.165) is 31.6 Å². The Balaban J connectivity index is 1.93. The molecular formula is C11H16N4O2. The number of carbonyl (C=O) groups excluding carboxylic acids is 1. The van der Waals surface area contributed by atoms with Gasteiger partial charge in [-0.15, -0.1) is 0 Å². The van der Waals surface area contributed by atoms with Gasteiger partial charge in [-0.2, -0.15) is 0 Å². The summed E-state index contributed by atoms with van der Waals surface area (Å²) in [6.45, 7) is 1.64. The summed E-state index contributed by atoms with van der Waals surface area (Å²) >= 11 is 0. The molecule has 6 nitrogen and oxygen atoms in total. The quantitative estimate of drug-likeness (QED) is 0.789. The largest absolute Gasteiger partial charge is 0.446 e. The highest BCUT2D eigenvalue weighted by Crippen LogP contribution is 2.21. The van der Waals surface area contributed by atoms with Crippen LogP contribution >= 0.6 is 0 Å². The zero-order valence-electron chi connectivity index (χ0n) is 9.50. The number of nitrogens with zero attached hydrogens (tertiary/aromatic N) is 2. The van der Waals surface area contributed by atoms with Crippen molar-refractivity contribution in [2.75, 3.05) is 23.7 Å². The van der Waals surface area contributed by atoms with Gasteiger partial charge in [0.1, 0.15) is 11.9 Å². The minimum atomic E-state index is -0.698. The van der Waals surface area contributed by atoms with Crippen molar-refractivity contribution in [3.05, 3.63) is 18.3 Å². The number of ether oxygens (including phenoxy) is 1.